The minimum absolute atomic E-state index is 0.462. The monoisotopic (exact) mass is 456 g/mol. The number of rotatable bonds is 10. The van der Waals surface area contributed by atoms with Gasteiger partial charge in [0, 0.05) is 48.1 Å². The van der Waals surface area contributed by atoms with Crippen LogP contribution in [0.4, 0.5) is 0 Å². The van der Waals surface area contributed by atoms with E-state index in [9.17, 15) is 9.90 Å². The van der Waals surface area contributed by atoms with Crippen molar-refractivity contribution in [2.45, 2.75) is 38.3 Å². The van der Waals surface area contributed by atoms with Crippen LogP contribution in [0.5, 0.6) is 0 Å². The zero-order valence-electron chi connectivity index (χ0n) is 19.4. The zero-order valence-corrected chi connectivity index (χ0v) is 19.4. The number of likely N-dealkylation sites (N-methyl/N-ethyl adjacent to an activating group) is 1. The lowest BCUT2D eigenvalue weighted by Crippen LogP contribution is -2.37. The molecule has 7 heteroatoms. The van der Waals surface area contributed by atoms with Gasteiger partial charge in [0.15, 0.2) is 0 Å². The molecule has 0 spiro atoms. The summed E-state index contributed by atoms with van der Waals surface area (Å²) in [4.78, 5) is 13.4. The van der Waals surface area contributed by atoms with Crippen LogP contribution in [-0.2, 0) is 24.2 Å². The molecule has 7 nitrogen and oxygen atoms in total. The largest absolute Gasteiger partial charge is 0.480 e. The topological polar surface area (TPSA) is 95.3 Å². The lowest BCUT2D eigenvalue weighted by Gasteiger charge is -2.19. The quantitative estimate of drug-likeness (QED) is 0.346. The molecule has 0 bridgehead atoms. The van der Waals surface area contributed by atoms with Crippen molar-refractivity contribution in [3.8, 4) is 17.3 Å². The average molecular weight is 457 g/mol. The molecule has 4 aromatic rings. The van der Waals surface area contributed by atoms with Crippen molar-refractivity contribution < 1.29 is 14.4 Å². The van der Waals surface area contributed by atoms with Crippen LogP contribution in [0.1, 0.15) is 29.7 Å². The van der Waals surface area contributed by atoms with Gasteiger partial charge in [-0.05, 0) is 50.7 Å². The Bertz CT molecular complexity index is 1330. The van der Waals surface area contributed by atoms with Gasteiger partial charge in [-0.25, -0.2) is 0 Å². The van der Waals surface area contributed by atoms with Crippen molar-refractivity contribution in [2.75, 3.05) is 14.1 Å². The summed E-state index contributed by atoms with van der Waals surface area (Å²) in [6, 6.07) is 19.0. The molecule has 2 aromatic heterocycles. The molecule has 174 valence electrons. The van der Waals surface area contributed by atoms with Crippen molar-refractivity contribution in [3.05, 3.63) is 77.7 Å². The van der Waals surface area contributed by atoms with Gasteiger partial charge in [-0.1, -0.05) is 35.5 Å². The highest BCUT2D eigenvalue weighted by Gasteiger charge is 2.22. The summed E-state index contributed by atoms with van der Waals surface area (Å²) in [5.74, 6) is 0.0123. The van der Waals surface area contributed by atoms with Gasteiger partial charge in [-0.3, -0.25) is 9.69 Å². The van der Waals surface area contributed by atoms with Crippen LogP contribution < -0.4 is 0 Å². The maximum atomic E-state index is 11.7. The van der Waals surface area contributed by atoms with E-state index < -0.39 is 12.0 Å². The van der Waals surface area contributed by atoms with Gasteiger partial charge < -0.3 is 14.2 Å². The number of hydrogen-bond donors (Lipinski definition) is 1. The third-order valence-electron chi connectivity index (χ3n) is 6.11. The van der Waals surface area contributed by atoms with E-state index in [-0.39, 0.29) is 0 Å². The molecular weight excluding hydrogens is 428 g/mol. The number of nitriles is 1. The molecule has 0 fully saturated rings. The molecule has 0 aliphatic rings. The first-order valence-electron chi connectivity index (χ1n) is 11.4. The Hall–Kier alpha value is -3.89. The van der Waals surface area contributed by atoms with Crippen molar-refractivity contribution >= 4 is 16.9 Å². The number of nitrogens with zero attached hydrogens (tertiary/aromatic N) is 4. The number of aliphatic carboxylic acids is 1. The second-order valence-electron chi connectivity index (χ2n) is 8.71. The summed E-state index contributed by atoms with van der Waals surface area (Å²) in [5, 5.41) is 23.9. The van der Waals surface area contributed by atoms with E-state index in [1.807, 2.05) is 36.4 Å². The predicted molar refractivity (Wildman–Crippen MR) is 130 cm³/mol. The number of para-hydroxylation sites is 1. The Kier molecular flexibility index (Phi) is 7.09. The standard InChI is InChI=1S/C27H28N4O3/c1-30(2)26(27(32)33)15-21-18-31(25-12-4-3-11-23(21)25)13-6-5-10-22-16-24(29-34-22)20-9-7-8-19(14-20)17-28/h3-4,7-9,11-12,14,16,18,26H,5-6,10,13,15H2,1-2H3,(H,32,33)/t26-/m0/s1. The highest BCUT2D eigenvalue weighted by molar-refractivity contribution is 5.85. The molecule has 1 N–H and O–H groups in total. The lowest BCUT2D eigenvalue weighted by molar-refractivity contribution is -0.142. The van der Waals surface area contributed by atoms with E-state index in [1.54, 1.807) is 25.1 Å². The average Bonchev–Trinajstić information content (AvgIpc) is 3.45. The number of hydrogen-bond acceptors (Lipinski definition) is 5. The summed E-state index contributed by atoms with van der Waals surface area (Å²) in [6.07, 6.45) is 5.22. The Morgan fingerprint density at radius 3 is 2.76 bits per heavy atom. The van der Waals surface area contributed by atoms with E-state index in [1.165, 1.54) is 0 Å². The minimum Gasteiger partial charge on any atom is -0.480 e. The first-order chi connectivity index (χ1) is 16.5. The molecule has 0 amide bonds. The van der Waals surface area contributed by atoms with Gasteiger partial charge in [0.05, 0.1) is 11.6 Å². The fourth-order valence-corrected chi connectivity index (χ4v) is 4.27. The molecule has 0 aliphatic carbocycles. The fraction of sp³-hybridized carbons (Fsp3) is 0.296. The number of carbonyl (C=O) groups is 1. The zero-order chi connectivity index (χ0) is 24.1. The molecular formula is C27H28N4O3. The number of carboxylic acid groups (broad SMARTS) is 1. The molecule has 0 aliphatic heterocycles. The third-order valence-corrected chi connectivity index (χ3v) is 6.11. The molecule has 34 heavy (non-hydrogen) atoms. The number of carboxylic acids is 1. The highest BCUT2D eigenvalue weighted by atomic mass is 16.5. The highest BCUT2D eigenvalue weighted by Crippen LogP contribution is 2.25. The third kappa shape index (κ3) is 5.19. The molecule has 1 atom stereocenters. The van der Waals surface area contributed by atoms with Crippen LogP contribution in [0.25, 0.3) is 22.2 Å². The van der Waals surface area contributed by atoms with Gasteiger partial charge in [0.25, 0.3) is 0 Å². The van der Waals surface area contributed by atoms with Crippen molar-refractivity contribution in [1.82, 2.24) is 14.6 Å². The van der Waals surface area contributed by atoms with E-state index in [4.69, 9.17) is 9.78 Å². The van der Waals surface area contributed by atoms with Crippen LogP contribution in [0.15, 0.2) is 65.3 Å². The van der Waals surface area contributed by atoms with Crippen LogP contribution in [0.2, 0.25) is 0 Å². The van der Waals surface area contributed by atoms with Gasteiger partial charge in [0.2, 0.25) is 0 Å². The second-order valence-corrected chi connectivity index (χ2v) is 8.71. The van der Waals surface area contributed by atoms with E-state index >= 15 is 0 Å². The summed E-state index contributed by atoms with van der Waals surface area (Å²) in [7, 11) is 3.60. The van der Waals surface area contributed by atoms with Crippen molar-refractivity contribution in [1.29, 1.82) is 5.26 Å². The van der Waals surface area contributed by atoms with Gasteiger partial charge in [-0.2, -0.15) is 5.26 Å². The van der Waals surface area contributed by atoms with Crippen molar-refractivity contribution in [2.24, 2.45) is 0 Å². The molecule has 0 radical (unpaired) electrons. The van der Waals surface area contributed by atoms with E-state index in [0.717, 1.165) is 59.3 Å². The predicted octanol–water partition coefficient (Wildman–Crippen LogP) is 4.75. The number of unbranched alkanes of at least 4 members (excludes halogenated alkanes) is 1. The molecule has 0 saturated carbocycles. The first kappa shape index (κ1) is 23.3. The van der Waals surface area contributed by atoms with Gasteiger partial charge >= 0.3 is 5.97 Å². The number of aryl methyl sites for hydroxylation is 2. The second kappa shape index (κ2) is 10.4. The van der Waals surface area contributed by atoms with Gasteiger partial charge in [0.1, 0.15) is 17.5 Å². The number of aromatic nitrogens is 2. The van der Waals surface area contributed by atoms with E-state index in [2.05, 4.69) is 34.1 Å². The number of benzene rings is 2. The van der Waals surface area contributed by atoms with Crippen LogP contribution in [0.3, 0.4) is 0 Å². The van der Waals surface area contributed by atoms with Gasteiger partial charge in [-0.15, -0.1) is 0 Å². The van der Waals surface area contributed by atoms with E-state index in [0.29, 0.717) is 12.0 Å². The smallest absolute Gasteiger partial charge is 0.321 e. The normalized spacial score (nSPS) is 12.2. The summed E-state index contributed by atoms with van der Waals surface area (Å²) in [6.45, 7) is 0.839. The molecule has 0 saturated heterocycles. The fourth-order valence-electron chi connectivity index (χ4n) is 4.27. The molecule has 2 aromatic carbocycles. The van der Waals surface area contributed by atoms with Crippen LogP contribution in [0, 0.1) is 11.3 Å². The van der Waals surface area contributed by atoms with Crippen molar-refractivity contribution in [3.63, 3.8) is 0 Å². The van der Waals surface area contributed by atoms with Crippen LogP contribution in [-0.4, -0.2) is 45.8 Å². The SMILES string of the molecule is CN(C)[C@@H](Cc1cn(CCCCc2cc(-c3cccc(C#N)c3)no2)c2ccccc12)C(=O)O. The lowest BCUT2D eigenvalue weighted by atomic mass is 10.0. The molecule has 0 unspecified atom stereocenters. The Balaban J connectivity index is 1.39. The van der Waals surface area contributed by atoms with Crippen LogP contribution >= 0.6 is 0 Å². The maximum absolute atomic E-state index is 11.7. The Morgan fingerprint density at radius 2 is 2.00 bits per heavy atom. The summed E-state index contributed by atoms with van der Waals surface area (Å²) < 4.78 is 7.73. The molecule has 4 rings (SSSR count). The number of fused-ring (bicyclic) bond motifs is 1. The first-order valence-corrected chi connectivity index (χ1v) is 11.4. The maximum Gasteiger partial charge on any atom is 0.321 e. The summed E-state index contributed by atoms with van der Waals surface area (Å²) >= 11 is 0. The summed E-state index contributed by atoms with van der Waals surface area (Å²) in [5.41, 5.74) is 4.39. The Labute approximate surface area is 198 Å². The minimum atomic E-state index is -0.812. The Morgan fingerprint density at radius 1 is 1.18 bits per heavy atom. The molecule has 2 heterocycles.